The molecule has 0 N–H and O–H groups in total. The van der Waals surface area contributed by atoms with Gasteiger partial charge in [-0.25, -0.2) is 9.59 Å². The molecule has 8 heteroatoms. The highest BCUT2D eigenvalue weighted by atomic mass is 32.2. The predicted molar refractivity (Wildman–Crippen MR) is 129 cm³/mol. The molecular formula is C22H18O4S4. The molecule has 0 unspecified atom stereocenters. The van der Waals surface area contributed by atoms with Gasteiger partial charge < -0.3 is 9.47 Å². The topological polar surface area (TPSA) is 52.6 Å². The molecule has 154 valence electrons. The Bertz CT molecular complexity index is 1010. The zero-order chi connectivity index (χ0) is 21.1. The van der Waals surface area contributed by atoms with Crippen LogP contribution in [0.4, 0.5) is 0 Å². The summed E-state index contributed by atoms with van der Waals surface area (Å²) >= 11 is 6.56. The molecule has 0 aromatic rings. The van der Waals surface area contributed by atoms with E-state index >= 15 is 0 Å². The Hall–Kier alpha value is -1.74. The molecule has 2 heterocycles. The standard InChI is InChI=1S/C22H18O4S4/c1-3-25-19(23)16-13-8-6-5-7-9-14(13)17(20(24)26-4-2)18(16)15-12-29-22(30-15)21-27-10-11-28-21/h5-12H,3-4H2,1-2H3. The van der Waals surface area contributed by atoms with Crippen LogP contribution < -0.4 is 0 Å². The molecule has 0 spiro atoms. The highest BCUT2D eigenvalue weighted by Crippen LogP contribution is 2.57. The van der Waals surface area contributed by atoms with Crippen molar-refractivity contribution in [2.24, 2.45) is 0 Å². The first kappa shape index (κ1) is 21.5. The number of hydrogen-bond donors (Lipinski definition) is 0. The second-order valence-electron chi connectivity index (χ2n) is 6.09. The van der Waals surface area contributed by atoms with Gasteiger partial charge in [-0.05, 0) is 41.2 Å². The van der Waals surface area contributed by atoms with Gasteiger partial charge in [0.25, 0.3) is 0 Å². The van der Waals surface area contributed by atoms with E-state index in [9.17, 15) is 9.59 Å². The minimum atomic E-state index is -0.432. The van der Waals surface area contributed by atoms with E-state index in [4.69, 9.17) is 9.47 Å². The highest BCUT2D eigenvalue weighted by molar-refractivity contribution is 8.35. The van der Waals surface area contributed by atoms with Gasteiger partial charge in [0.1, 0.15) is 0 Å². The summed E-state index contributed by atoms with van der Waals surface area (Å²) < 4.78 is 13.1. The van der Waals surface area contributed by atoms with E-state index in [0.29, 0.717) is 27.8 Å². The maximum atomic E-state index is 13.0. The second kappa shape index (κ2) is 9.60. The van der Waals surface area contributed by atoms with E-state index in [2.05, 4.69) is 10.8 Å². The monoisotopic (exact) mass is 474 g/mol. The summed E-state index contributed by atoms with van der Waals surface area (Å²) in [7, 11) is 0. The Labute approximate surface area is 192 Å². The third kappa shape index (κ3) is 4.06. The normalized spacial score (nSPS) is 15.6. The zero-order valence-corrected chi connectivity index (χ0v) is 19.6. The summed E-state index contributed by atoms with van der Waals surface area (Å²) in [5.74, 6) is -0.865. The molecule has 0 bridgehead atoms. The molecule has 0 saturated carbocycles. The number of fused-ring (bicyclic) bond motifs is 1. The average molecular weight is 475 g/mol. The molecule has 0 radical (unpaired) electrons. The first-order valence-electron chi connectivity index (χ1n) is 9.32. The lowest BCUT2D eigenvalue weighted by molar-refractivity contribution is 0.0525. The maximum Gasteiger partial charge on any atom is 0.339 e. The minimum Gasteiger partial charge on any atom is -0.462 e. The number of hydrogen-bond acceptors (Lipinski definition) is 8. The lowest BCUT2D eigenvalue weighted by Crippen LogP contribution is -2.09. The van der Waals surface area contributed by atoms with Gasteiger partial charge in [-0.1, -0.05) is 77.4 Å². The molecule has 0 saturated heterocycles. The minimum absolute atomic E-state index is 0.258. The lowest BCUT2D eigenvalue weighted by atomic mass is 10.1. The molecule has 0 aromatic carbocycles. The lowest BCUT2D eigenvalue weighted by Gasteiger charge is -2.09. The van der Waals surface area contributed by atoms with Crippen LogP contribution in [0.1, 0.15) is 40.1 Å². The van der Waals surface area contributed by atoms with Crippen LogP contribution in [0.2, 0.25) is 0 Å². The van der Waals surface area contributed by atoms with E-state index in [1.165, 1.54) is 4.24 Å². The molecule has 4 rings (SSSR count). The van der Waals surface area contributed by atoms with Gasteiger partial charge >= 0.3 is 11.9 Å². The molecule has 4 aliphatic rings. The Morgan fingerprint density at radius 3 is 1.90 bits per heavy atom. The van der Waals surface area contributed by atoms with Crippen molar-refractivity contribution in [3.63, 3.8) is 0 Å². The van der Waals surface area contributed by atoms with Gasteiger partial charge in [-0.3, -0.25) is 0 Å². The average Bonchev–Trinajstić information content (AvgIpc) is 3.44. The number of ether oxygens (including phenoxy) is 2. The van der Waals surface area contributed by atoms with E-state index in [-0.39, 0.29) is 13.2 Å². The Morgan fingerprint density at radius 1 is 0.800 bits per heavy atom. The number of carbonyl (C=O) groups excluding carboxylic acids is 2. The van der Waals surface area contributed by atoms with E-state index in [0.717, 1.165) is 9.14 Å². The molecule has 0 atom stereocenters. The van der Waals surface area contributed by atoms with Crippen LogP contribution in [0.15, 0.2) is 55.0 Å². The van der Waals surface area contributed by atoms with Crippen LogP contribution in [0, 0.1) is 0 Å². The Morgan fingerprint density at radius 2 is 1.37 bits per heavy atom. The van der Waals surface area contributed by atoms with E-state index in [1.54, 1.807) is 60.9 Å². The van der Waals surface area contributed by atoms with Gasteiger partial charge in [0, 0.05) is 10.5 Å². The van der Waals surface area contributed by atoms with Crippen LogP contribution in [0.3, 0.4) is 0 Å². The van der Waals surface area contributed by atoms with Gasteiger partial charge in [0.05, 0.1) is 32.8 Å². The summed E-state index contributed by atoms with van der Waals surface area (Å²) in [4.78, 5) is 26.9. The Kier molecular flexibility index (Phi) is 6.87. The second-order valence-corrected chi connectivity index (χ2v) is 10.4. The Balaban J connectivity index is 1.92. The van der Waals surface area contributed by atoms with Crippen LogP contribution in [-0.2, 0) is 9.47 Å². The van der Waals surface area contributed by atoms with Crippen molar-refractivity contribution in [1.29, 1.82) is 0 Å². The maximum absolute atomic E-state index is 13.0. The van der Waals surface area contributed by atoms with Crippen molar-refractivity contribution in [3.8, 4) is 11.1 Å². The summed E-state index contributed by atoms with van der Waals surface area (Å²) in [6, 6.07) is 9.30. The zero-order valence-electron chi connectivity index (χ0n) is 16.3. The summed E-state index contributed by atoms with van der Waals surface area (Å²) in [5, 5.41) is 6.11. The van der Waals surface area contributed by atoms with Gasteiger partial charge in [-0.15, -0.1) is 0 Å². The molecular weight excluding hydrogens is 457 g/mol. The predicted octanol–water partition coefficient (Wildman–Crippen LogP) is 7.00. The van der Waals surface area contributed by atoms with Gasteiger partial charge in [0.15, 0.2) is 0 Å². The molecule has 30 heavy (non-hydrogen) atoms. The molecule has 0 fully saturated rings. The van der Waals surface area contributed by atoms with E-state index < -0.39 is 11.9 Å². The highest BCUT2D eigenvalue weighted by Gasteiger charge is 2.35. The van der Waals surface area contributed by atoms with Crippen LogP contribution >= 0.6 is 47.0 Å². The first-order chi connectivity index (χ1) is 14.7. The third-order valence-electron chi connectivity index (χ3n) is 4.33. The quantitative estimate of drug-likeness (QED) is 0.429. The van der Waals surface area contributed by atoms with Crippen molar-refractivity contribution in [3.05, 3.63) is 71.7 Å². The number of thioether (sulfide) groups is 4. The fourth-order valence-corrected chi connectivity index (χ4v) is 7.73. The number of rotatable bonds is 5. The van der Waals surface area contributed by atoms with E-state index in [1.807, 2.05) is 35.7 Å². The first-order valence-corrected chi connectivity index (χ1v) is 12.8. The van der Waals surface area contributed by atoms with Crippen molar-refractivity contribution in [1.82, 2.24) is 0 Å². The van der Waals surface area contributed by atoms with Gasteiger partial charge in [-0.2, -0.15) is 0 Å². The molecule has 2 aliphatic carbocycles. The number of carbonyl (C=O) groups is 2. The van der Waals surface area contributed by atoms with Gasteiger partial charge in [0.2, 0.25) is 0 Å². The van der Waals surface area contributed by atoms with Crippen molar-refractivity contribution in [2.45, 2.75) is 13.8 Å². The van der Waals surface area contributed by atoms with Crippen molar-refractivity contribution in [2.75, 3.05) is 13.2 Å². The largest absolute Gasteiger partial charge is 0.462 e. The summed E-state index contributed by atoms with van der Waals surface area (Å²) in [6.07, 6.45) is 0. The summed E-state index contributed by atoms with van der Waals surface area (Å²) in [6.45, 7) is 4.07. The third-order valence-corrected chi connectivity index (χ3v) is 9.37. The van der Waals surface area contributed by atoms with Crippen LogP contribution in [0.5, 0.6) is 0 Å². The fraction of sp³-hybridized carbons (Fsp3) is 0.182. The van der Waals surface area contributed by atoms with Crippen molar-refractivity contribution >= 4 is 63.9 Å². The molecule has 2 aliphatic heterocycles. The SMILES string of the molecule is CCOC(=O)c1c2cccccc-2c(C(=O)OCC)c1C1=CSC(=C2SC=CS2)S1. The molecule has 4 nitrogen and oxygen atoms in total. The summed E-state index contributed by atoms with van der Waals surface area (Å²) in [5.41, 5.74) is 2.82. The smallest absolute Gasteiger partial charge is 0.339 e. The molecule has 0 amide bonds. The fourth-order valence-electron chi connectivity index (χ4n) is 3.21. The molecule has 0 aromatic heterocycles. The van der Waals surface area contributed by atoms with Crippen molar-refractivity contribution < 1.29 is 19.1 Å². The van der Waals surface area contributed by atoms with Crippen LogP contribution in [-0.4, -0.2) is 25.2 Å². The van der Waals surface area contributed by atoms with Crippen LogP contribution in [0.25, 0.3) is 16.0 Å². The number of esters is 2.